The highest BCUT2D eigenvalue weighted by Gasteiger charge is 2.27. The minimum Gasteiger partial charge on any atom is -0.391 e. The number of imidazole rings is 1. The second-order valence-corrected chi connectivity index (χ2v) is 7.45. The molecule has 0 fully saturated rings. The molecule has 0 aliphatic carbocycles. The van der Waals surface area contributed by atoms with Crippen molar-refractivity contribution in [1.82, 2.24) is 29.5 Å². The van der Waals surface area contributed by atoms with Gasteiger partial charge in [0.1, 0.15) is 0 Å². The molecule has 8 heteroatoms. The molecule has 0 spiro atoms. The Labute approximate surface area is 170 Å². The average Bonchev–Trinajstić information content (AvgIpc) is 3.34. The summed E-state index contributed by atoms with van der Waals surface area (Å²) >= 11 is 0. The summed E-state index contributed by atoms with van der Waals surface area (Å²) in [6.45, 7) is 3.36. The Kier molecular flexibility index (Phi) is 5.10. The fourth-order valence-electron chi connectivity index (χ4n) is 4.10. The molecule has 1 amide bonds. The number of hydrogen-bond donors (Lipinski definition) is 2. The molecule has 4 rings (SSSR count). The van der Waals surface area contributed by atoms with E-state index in [1.807, 2.05) is 37.7 Å². The van der Waals surface area contributed by atoms with Crippen LogP contribution >= 0.6 is 0 Å². The van der Waals surface area contributed by atoms with Crippen LogP contribution in [0.3, 0.4) is 0 Å². The first-order valence-corrected chi connectivity index (χ1v) is 9.82. The summed E-state index contributed by atoms with van der Waals surface area (Å²) in [5, 5.41) is 7.56. The van der Waals surface area contributed by atoms with E-state index in [4.69, 9.17) is 5.73 Å². The third kappa shape index (κ3) is 3.51. The van der Waals surface area contributed by atoms with E-state index in [1.54, 1.807) is 11.6 Å². The summed E-state index contributed by atoms with van der Waals surface area (Å²) in [6, 6.07) is 6.18. The van der Waals surface area contributed by atoms with Crippen LogP contribution in [-0.4, -0.2) is 56.8 Å². The number of fused-ring (bicyclic) bond motifs is 1. The van der Waals surface area contributed by atoms with E-state index >= 15 is 0 Å². The second kappa shape index (κ2) is 7.71. The van der Waals surface area contributed by atoms with Crippen LogP contribution in [0, 0.1) is 0 Å². The van der Waals surface area contributed by atoms with E-state index in [0.29, 0.717) is 13.1 Å². The largest absolute Gasteiger partial charge is 0.391 e. The van der Waals surface area contributed by atoms with E-state index in [1.165, 1.54) is 0 Å². The van der Waals surface area contributed by atoms with Gasteiger partial charge >= 0.3 is 0 Å². The molecule has 1 atom stereocenters. The smallest absolute Gasteiger partial charge is 0.219 e. The number of carbonyl (C=O) groups excluding carboxylic acids is 1. The van der Waals surface area contributed by atoms with Crippen molar-refractivity contribution in [1.29, 1.82) is 0 Å². The molecule has 29 heavy (non-hydrogen) atoms. The summed E-state index contributed by atoms with van der Waals surface area (Å²) in [4.78, 5) is 18.5. The molecule has 2 aromatic heterocycles. The summed E-state index contributed by atoms with van der Waals surface area (Å²) in [6.07, 6.45) is 6.49. The topological polar surface area (TPSA) is 94.0 Å². The van der Waals surface area contributed by atoms with Gasteiger partial charge in [0.25, 0.3) is 0 Å². The van der Waals surface area contributed by atoms with Crippen LogP contribution in [0.5, 0.6) is 0 Å². The minimum absolute atomic E-state index is 0.0613. The number of nitrogens with one attached hydrogen (secondary N) is 1. The van der Waals surface area contributed by atoms with Gasteiger partial charge in [-0.3, -0.25) is 9.48 Å². The Bertz CT molecular complexity index is 1080. The average molecular weight is 393 g/mol. The quantitative estimate of drug-likeness (QED) is 0.688. The number of nitrogens with zero attached hydrogens (tertiary/aromatic N) is 5. The highest BCUT2D eigenvalue weighted by molar-refractivity contribution is 5.82. The van der Waals surface area contributed by atoms with E-state index in [2.05, 4.69) is 38.2 Å². The Morgan fingerprint density at radius 3 is 2.83 bits per heavy atom. The first-order chi connectivity index (χ1) is 14.0. The van der Waals surface area contributed by atoms with Gasteiger partial charge < -0.3 is 20.5 Å². The maximum absolute atomic E-state index is 11.9. The molecule has 1 aliphatic rings. The zero-order chi connectivity index (χ0) is 20.5. The summed E-state index contributed by atoms with van der Waals surface area (Å²) < 4.78 is 3.91. The first-order valence-electron chi connectivity index (χ1n) is 9.82. The monoisotopic (exact) mass is 393 g/mol. The molecule has 3 N–H and O–H groups in total. The number of nitrogens with two attached hydrogens (primary N) is 1. The number of benzene rings is 1. The van der Waals surface area contributed by atoms with E-state index < -0.39 is 0 Å². The normalized spacial score (nSPS) is 15.8. The lowest BCUT2D eigenvalue weighted by atomic mass is 9.98. The third-order valence-electron chi connectivity index (χ3n) is 5.70. The van der Waals surface area contributed by atoms with Gasteiger partial charge in [0, 0.05) is 64.5 Å². The van der Waals surface area contributed by atoms with Crippen molar-refractivity contribution in [2.75, 3.05) is 26.7 Å². The number of rotatable bonds is 5. The summed E-state index contributed by atoms with van der Waals surface area (Å²) in [5.74, 6) is 0.0880. The van der Waals surface area contributed by atoms with Crippen LogP contribution in [0.1, 0.15) is 19.4 Å². The molecular weight excluding hydrogens is 366 g/mol. The second-order valence-electron chi connectivity index (χ2n) is 7.45. The van der Waals surface area contributed by atoms with Crippen molar-refractivity contribution in [3.05, 3.63) is 48.2 Å². The third-order valence-corrected chi connectivity index (χ3v) is 5.70. The molecule has 1 unspecified atom stereocenters. The Hall–Kier alpha value is -3.13. The van der Waals surface area contributed by atoms with Crippen LogP contribution in [-0.2, 0) is 11.8 Å². The maximum Gasteiger partial charge on any atom is 0.219 e. The van der Waals surface area contributed by atoms with Gasteiger partial charge in [-0.25, -0.2) is 4.98 Å². The highest BCUT2D eigenvalue weighted by atomic mass is 16.2. The predicted octanol–water partition coefficient (Wildman–Crippen LogP) is 1.66. The number of hydrogen-bond acceptors (Lipinski definition) is 5. The summed E-state index contributed by atoms with van der Waals surface area (Å²) in [7, 11) is 3.84. The molecule has 3 aromatic rings. The fourth-order valence-corrected chi connectivity index (χ4v) is 4.10. The van der Waals surface area contributed by atoms with Crippen LogP contribution in [0.15, 0.2) is 48.2 Å². The van der Waals surface area contributed by atoms with Gasteiger partial charge in [0.05, 0.1) is 29.6 Å². The van der Waals surface area contributed by atoms with E-state index in [0.717, 1.165) is 46.4 Å². The zero-order valence-corrected chi connectivity index (χ0v) is 17.1. The molecule has 1 aliphatic heterocycles. The lowest BCUT2D eigenvalue weighted by molar-refractivity contribution is -0.128. The zero-order valence-electron chi connectivity index (χ0n) is 17.1. The molecule has 1 aromatic carbocycles. The van der Waals surface area contributed by atoms with Crippen molar-refractivity contribution < 1.29 is 4.79 Å². The van der Waals surface area contributed by atoms with Gasteiger partial charge in [0.2, 0.25) is 5.91 Å². The Morgan fingerprint density at radius 1 is 1.34 bits per heavy atom. The van der Waals surface area contributed by atoms with Gasteiger partial charge in [0.15, 0.2) is 0 Å². The van der Waals surface area contributed by atoms with Crippen molar-refractivity contribution in [3.8, 4) is 11.1 Å². The molecule has 8 nitrogen and oxygen atoms in total. The SMILES string of the molecule is CNC1=C(C(CN)n2cnc3cc(-c4cnn(C)c4)ccc32)CN(C(C)=O)CC1. The molecule has 0 bridgehead atoms. The maximum atomic E-state index is 11.9. The van der Waals surface area contributed by atoms with Gasteiger partial charge in [-0.2, -0.15) is 5.10 Å². The lowest BCUT2D eigenvalue weighted by Gasteiger charge is -2.34. The number of aryl methyl sites for hydroxylation is 1. The fraction of sp³-hybridized carbons (Fsp3) is 0.381. The van der Waals surface area contributed by atoms with Crippen LogP contribution in [0.4, 0.5) is 0 Å². The van der Waals surface area contributed by atoms with Gasteiger partial charge in [-0.05, 0) is 23.3 Å². The molecule has 0 saturated heterocycles. The first kappa shape index (κ1) is 19.2. The predicted molar refractivity (Wildman–Crippen MR) is 113 cm³/mol. The molecule has 0 radical (unpaired) electrons. The Morgan fingerprint density at radius 2 is 2.17 bits per heavy atom. The standard InChI is InChI=1S/C21H27N7O/c1-14(29)27-7-6-18(23-2)17(12-27)21(9-22)28-13-24-19-8-15(4-5-20(19)28)16-10-25-26(3)11-16/h4-5,8,10-11,13,21,23H,6-7,9,12,22H2,1-3H3. The molecule has 0 saturated carbocycles. The Balaban J connectivity index is 1.73. The van der Waals surface area contributed by atoms with Crippen molar-refractivity contribution in [2.45, 2.75) is 19.4 Å². The number of amides is 1. The molecule has 3 heterocycles. The van der Waals surface area contributed by atoms with Crippen molar-refractivity contribution in [2.24, 2.45) is 12.8 Å². The van der Waals surface area contributed by atoms with E-state index in [9.17, 15) is 4.79 Å². The summed E-state index contributed by atoms with van der Waals surface area (Å²) in [5.41, 5.74) is 12.6. The highest BCUT2D eigenvalue weighted by Crippen LogP contribution is 2.30. The minimum atomic E-state index is -0.0613. The van der Waals surface area contributed by atoms with Gasteiger partial charge in [-0.15, -0.1) is 0 Å². The van der Waals surface area contributed by atoms with Crippen molar-refractivity contribution >= 4 is 16.9 Å². The molecular formula is C21H27N7O. The molecule has 152 valence electrons. The van der Waals surface area contributed by atoms with Crippen LogP contribution in [0.2, 0.25) is 0 Å². The lowest BCUT2D eigenvalue weighted by Crippen LogP contribution is -2.40. The van der Waals surface area contributed by atoms with Crippen LogP contribution in [0.25, 0.3) is 22.2 Å². The van der Waals surface area contributed by atoms with E-state index in [-0.39, 0.29) is 11.9 Å². The van der Waals surface area contributed by atoms with Gasteiger partial charge in [-0.1, -0.05) is 6.07 Å². The van der Waals surface area contributed by atoms with Crippen LogP contribution < -0.4 is 11.1 Å². The number of aromatic nitrogens is 4. The number of carbonyl (C=O) groups is 1. The van der Waals surface area contributed by atoms with Crippen molar-refractivity contribution in [3.63, 3.8) is 0 Å².